The van der Waals surface area contributed by atoms with Crippen LogP contribution in [-0.2, 0) is 0 Å². The van der Waals surface area contributed by atoms with Crippen molar-refractivity contribution in [3.63, 3.8) is 0 Å². The van der Waals surface area contributed by atoms with Crippen LogP contribution in [0.25, 0.3) is 16.8 Å². The number of benzene rings is 2. The van der Waals surface area contributed by atoms with Gasteiger partial charge >= 0.3 is 0 Å². The summed E-state index contributed by atoms with van der Waals surface area (Å²) in [6.07, 6.45) is 1.55. The van der Waals surface area contributed by atoms with Crippen molar-refractivity contribution in [1.82, 2.24) is 4.98 Å². The summed E-state index contributed by atoms with van der Waals surface area (Å²) in [5.41, 5.74) is 2.81. The standard InChI is InChI=1S/C18H11BrN4O2S/c19-14-3-1-12(2-4-14)17-11-26-18(22-17)13(9-20)10-21-15-5-7-16(8-6-15)23(24)25/h1-8,10-11,21H. The maximum atomic E-state index is 10.7. The second kappa shape index (κ2) is 7.91. The Morgan fingerprint density at radius 3 is 2.54 bits per heavy atom. The van der Waals surface area contributed by atoms with Crippen molar-refractivity contribution in [1.29, 1.82) is 5.26 Å². The van der Waals surface area contributed by atoms with Crippen LogP contribution in [0.4, 0.5) is 11.4 Å². The van der Waals surface area contributed by atoms with E-state index in [-0.39, 0.29) is 5.69 Å². The molecule has 3 rings (SSSR count). The highest BCUT2D eigenvalue weighted by atomic mass is 79.9. The maximum Gasteiger partial charge on any atom is 0.269 e. The maximum absolute atomic E-state index is 10.7. The Labute approximate surface area is 161 Å². The molecule has 8 heteroatoms. The van der Waals surface area contributed by atoms with Gasteiger partial charge in [0, 0.05) is 39.4 Å². The third-order valence-electron chi connectivity index (χ3n) is 3.46. The lowest BCUT2D eigenvalue weighted by Gasteiger charge is -2.01. The first kappa shape index (κ1) is 17.8. The highest BCUT2D eigenvalue weighted by Gasteiger charge is 2.09. The number of thiazole rings is 1. The molecule has 0 bridgehead atoms. The summed E-state index contributed by atoms with van der Waals surface area (Å²) in [5, 5.41) is 25.5. The zero-order valence-corrected chi connectivity index (χ0v) is 15.6. The number of rotatable bonds is 5. The van der Waals surface area contributed by atoms with Crippen LogP contribution in [0.5, 0.6) is 0 Å². The fourth-order valence-electron chi connectivity index (χ4n) is 2.13. The summed E-state index contributed by atoms with van der Waals surface area (Å²) in [4.78, 5) is 14.7. The van der Waals surface area contributed by atoms with Crippen molar-refractivity contribution in [2.45, 2.75) is 0 Å². The van der Waals surface area contributed by atoms with Gasteiger partial charge in [0.2, 0.25) is 0 Å². The van der Waals surface area contributed by atoms with Crippen molar-refractivity contribution in [2.24, 2.45) is 0 Å². The smallest absolute Gasteiger partial charge is 0.269 e. The molecule has 0 radical (unpaired) electrons. The Morgan fingerprint density at radius 1 is 1.23 bits per heavy atom. The highest BCUT2D eigenvalue weighted by molar-refractivity contribution is 9.10. The van der Waals surface area contributed by atoms with Gasteiger partial charge in [0.25, 0.3) is 5.69 Å². The van der Waals surface area contributed by atoms with E-state index in [1.165, 1.54) is 23.5 Å². The monoisotopic (exact) mass is 426 g/mol. The lowest BCUT2D eigenvalue weighted by molar-refractivity contribution is -0.384. The Balaban J connectivity index is 1.78. The summed E-state index contributed by atoms with van der Waals surface area (Å²) in [6.45, 7) is 0. The fraction of sp³-hybridized carbons (Fsp3) is 0. The van der Waals surface area contributed by atoms with Crippen LogP contribution < -0.4 is 5.32 Å². The van der Waals surface area contributed by atoms with E-state index < -0.39 is 4.92 Å². The van der Waals surface area contributed by atoms with Gasteiger partial charge in [-0.2, -0.15) is 5.26 Å². The zero-order chi connectivity index (χ0) is 18.5. The molecule has 2 aromatic carbocycles. The number of allylic oxidation sites excluding steroid dienone is 1. The normalized spacial score (nSPS) is 11.0. The predicted octanol–water partition coefficient (Wildman–Crippen LogP) is 5.46. The van der Waals surface area contributed by atoms with Gasteiger partial charge in [-0.1, -0.05) is 28.1 Å². The Hall–Kier alpha value is -3.02. The average Bonchev–Trinajstić information content (AvgIpc) is 3.13. The lowest BCUT2D eigenvalue weighted by atomic mass is 10.2. The molecule has 0 amide bonds. The van der Waals surface area contributed by atoms with Crippen LogP contribution in [-0.4, -0.2) is 9.91 Å². The van der Waals surface area contributed by atoms with Gasteiger partial charge in [0.05, 0.1) is 10.6 Å². The predicted molar refractivity (Wildman–Crippen MR) is 106 cm³/mol. The van der Waals surface area contributed by atoms with E-state index in [9.17, 15) is 15.4 Å². The first-order valence-electron chi connectivity index (χ1n) is 7.40. The molecule has 1 N–H and O–H groups in total. The first-order valence-corrected chi connectivity index (χ1v) is 9.07. The van der Waals surface area contributed by atoms with Gasteiger partial charge in [0.15, 0.2) is 0 Å². The number of non-ortho nitro benzene ring substituents is 1. The van der Waals surface area contributed by atoms with Gasteiger partial charge in [-0.3, -0.25) is 10.1 Å². The number of halogens is 1. The third-order valence-corrected chi connectivity index (χ3v) is 4.86. The van der Waals surface area contributed by atoms with Gasteiger partial charge in [0.1, 0.15) is 16.6 Å². The molecule has 0 fully saturated rings. The molecule has 0 spiro atoms. The number of aromatic nitrogens is 1. The van der Waals surface area contributed by atoms with Crippen molar-refractivity contribution in [2.75, 3.05) is 5.32 Å². The number of nitro groups is 1. The highest BCUT2D eigenvalue weighted by Crippen LogP contribution is 2.27. The fourth-order valence-corrected chi connectivity index (χ4v) is 3.19. The molecule has 1 heterocycles. The first-order chi connectivity index (χ1) is 12.6. The number of nitrogens with one attached hydrogen (secondary N) is 1. The van der Waals surface area contributed by atoms with Crippen LogP contribution in [0, 0.1) is 21.4 Å². The largest absolute Gasteiger partial charge is 0.360 e. The van der Waals surface area contributed by atoms with Crippen molar-refractivity contribution < 1.29 is 4.92 Å². The molecular formula is C18H11BrN4O2S. The van der Waals surface area contributed by atoms with Gasteiger partial charge in [-0.05, 0) is 24.3 Å². The Bertz CT molecular complexity index is 1000. The SMILES string of the molecule is N#CC(=CNc1ccc([N+](=O)[O-])cc1)c1nc(-c2ccc(Br)cc2)cs1. The second-order valence-corrected chi connectivity index (χ2v) is 6.94. The number of hydrogen-bond acceptors (Lipinski definition) is 6. The van der Waals surface area contributed by atoms with Crippen LogP contribution >= 0.6 is 27.3 Å². The number of anilines is 1. The zero-order valence-electron chi connectivity index (χ0n) is 13.2. The molecule has 0 saturated heterocycles. The van der Waals surface area contributed by atoms with E-state index in [1.54, 1.807) is 18.3 Å². The molecule has 0 aliphatic rings. The number of nitrogens with zero attached hydrogens (tertiary/aromatic N) is 3. The molecule has 0 aliphatic carbocycles. The molecule has 1 aromatic heterocycles. The van der Waals surface area contributed by atoms with Crippen LogP contribution in [0.15, 0.2) is 64.6 Å². The molecule has 0 saturated carbocycles. The molecule has 128 valence electrons. The lowest BCUT2D eigenvalue weighted by Crippen LogP contribution is -1.92. The van der Waals surface area contributed by atoms with Crippen molar-refractivity contribution >= 4 is 44.2 Å². The van der Waals surface area contributed by atoms with Crippen molar-refractivity contribution in [3.05, 3.63) is 79.7 Å². The van der Waals surface area contributed by atoms with Crippen molar-refractivity contribution in [3.8, 4) is 17.3 Å². The Kier molecular flexibility index (Phi) is 5.41. The summed E-state index contributed by atoms with van der Waals surface area (Å²) in [6, 6.07) is 15.9. The number of nitro benzene ring substituents is 1. The minimum Gasteiger partial charge on any atom is -0.360 e. The van der Waals surface area contributed by atoms with Gasteiger partial charge in [-0.15, -0.1) is 11.3 Å². The van der Waals surface area contributed by atoms with Gasteiger partial charge in [-0.25, -0.2) is 4.98 Å². The molecule has 6 nitrogen and oxygen atoms in total. The van der Waals surface area contributed by atoms with E-state index in [0.717, 1.165) is 15.7 Å². The molecular weight excluding hydrogens is 416 g/mol. The summed E-state index contributed by atoms with van der Waals surface area (Å²) in [5.74, 6) is 0. The molecule has 26 heavy (non-hydrogen) atoms. The second-order valence-electron chi connectivity index (χ2n) is 5.16. The minimum absolute atomic E-state index is 0.0131. The average molecular weight is 427 g/mol. The summed E-state index contributed by atoms with van der Waals surface area (Å²) in [7, 11) is 0. The molecule has 3 aromatic rings. The quantitative estimate of drug-likeness (QED) is 0.332. The molecule has 0 atom stereocenters. The third kappa shape index (κ3) is 4.14. The van der Waals surface area contributed by atoms with Crippen LogP contribution in [0.1, 0.15) is 5.01 Å². The van der Waals surface area contributed by atoms with Crippen LogP contribution in [0.3, 0.4) is 0 Å². The minimum atomic E-state index is -0.459. The topological polar surface area (TPSA) is 91.8 Å². The van der Waals surface area contributed by atoms with E-state index in [4.69, 9.17) is 0 Å². The van der Waals surface area contributed by atoms with E-state index >= 15 is 0 Å². The van der Waals surface area contributed by atoms with E-state index in [2.05, 4.69) is 32.3 Å². The number of hydrogen-bond donors (Lipinski definition) is 1. The molecule has 0 aliphatic heterocycles. The summed E-state index contributed by atoms with van der Waals surface area (Å²) >= 11 is 4.78. The number of nitriles is 1. The van der Waals surface area contributed by atoms with E-state index in [0.29, 0.717) is 16.3 Å². The Morgan fingerprint density at radius 2 is 1.92 bits per heavy atom. The molecule has 0 unspecified atom stereocenters. The summed E-state index contributed by atoms with van der Waals surface area (Å²) < 4.78 is 0.988. The van der Waals surface area contributed by atoms with Gasteiger partial charge < -0.3 is 5.32 Å². The van der Waals surface area contributed by atoms with E-state index in [1.807, 2.05) is 29.6 Å². The van der Waals surface area contributed by atoms with Crippen LogP contribution in [0.2, 0.25) is 0 Å².